The van der Waals surface area contributed by atoms with Crippen LogP contribution in [0.15, 0.2) is 23.3 Å². The number of ether oxygens (including phenoxy) is 1. The van der Waals surface area contributed by atoms with Crippen LogP contribution in [0.3, 0.4) is 0 Å². The number of aryl methyl sites for hydroxylation is 2. The van der Waals surface area contributed by atoms with Crippen LogP contribution in [0.5, 0.6) is 5.88 Å². The average molecular weight is 515 g/mol. The van der Waals surface area contributed by atoms with Gasteiger partial charge in [0, 0.05) is 36.7 Å². The van der Waals surface area contributed by atoms with Crippen molar-refractivity contribution in [1.82, 2.24) is 20.6 Å². The molecule has 28 heavy (non-hydrogen) atoms. The molecule has 2 aromatic heterocycles. The Morgan fingerprint density at radius 2 is 2.14 bits per heavy atom. The summed E-state index contributed by atoms with van der Waals surface area (Å²) in [5.74, 6) is 2.24. The van der Waals surface area contributed by atoms with E-state index in [-0.39, 0.29) is 24.0 Å². The number of guanidine groups is 1. The normalized spacial score (nSPS) is 13.8. The highest BCUT2D eigenvalue weighted by Gasteiger charge is 2.22. The summed E-state index contributed by atoms with van der Waals surface area (Å²) in [7, 11) is 0. The Labute approximate surface area is 188 Å². The lowest BCUT2D eigenvalue weighted by Gasteiger charge is -2.11. The summed E-state index contributed by atoms with van der Waals surface area (Å²) in [6, 6.07) is 3.97. The number of nitrogens with zero attached hydrogens (tertiary/aromatic N) is 3. The molecule has 0 unspecified atom stereocenters. The molecule has 6 nitrogen and oxygen atoms in total. The molecule has 0 radical (unpaired) electrons. The third-order valence-corrected chi connectivity index (χ3v) is 5.56. The van der Waals surface area contributed by atoms with E-state index in [1.807, 2.05) is 12.1 Å². The molecule has 154 valence electrons. The van der Waals surface area contributed by atoms with Crippen molar-refractivity contribution in [2.75, 3.05) is 19.7 Å². The number of thiazole rings is 1. The van der Waals surface area contributed by atoms with Gasteiger partial charge in [-0.05, 0) is 51.2 Å². The second kappa shape index (κ2) is 11.5. The fourth-order valence-corrected chi connectivity index (χ4v) is 3.49. The van der Waals surface area contributed by atoms with Gasteiger partial charge in [0.1, 0.15) is 0 Å². The molecule has 3 rings (SSSR count). The number of nitrogens with one attached hydrogen (secondary N) is 2. The summed E-state index contributed by atoms with van der Waals surface area (Å²) in [4.78, 5) is 14.8. The van der Waals surface area contributed by atoms with Crippen molar-refractivity contribution in [3.8, 4) is 5.88 Å². The zero-order valence-corrected chi connectivity index (χ0v) is 20.0. The van der Waals surface area contributed by atoms with Crippen LogP contribution in [0.1, 0.15) is 40.9 Å². The van der Waals surface area contributed by atoms with Crippen molar-refractivity contribution in [2.24, 2.45) is 10.9 Å². The van der Waals surface area contributed by atoms with Crippen molar-refractivity contribution >= 4 is 41.3 Å². The van der Waals surface area contributed by atoms with Crippen molar-refractivity contribution in [3.05, 3.63) is 39.5 Å². The molecule has 8 heteroatoms. The lowest BCUT2D eigenvalue weighted by atomic mass is 10.3. The maximum atomic E-state index is 5.75. The average Bonchev–Trinajstić information content (AvgIpc) is 3.43. The van der Waals surface area contributed by atoms with E-state index in [0.29, 0.717) is 12.4 Å². The SMILES string of the molecule is CCNC(=NCc1ccnc(OCC2CC2)c1)NCCc1nc(C)c(C)s1.I. The lowest BCUT2D eigenvalue weighted by molar-refractivity contribution is 0.288. The molecular formula is C20H30IN5OS. The minimum Gasteiger partial charge on any atom is -0.477 e. The predicted octanol–water partition coefficient (Wildman–Crippen LogP) is 3.86. The quantitative estimate of drug-likeness (QED) is 0.302. The van der Waals surface area contributed by atoms with E-state index in [2.05, 4.69) is 46.4 Å². The number of aliphatic imine (C=N–C) groups is 1. The van der Waals surface area contributed by atoms with Crippen LogP contribution >= 0.6 is 35.3 Å². The van der Waals surface area contributed by atoms with Crippen LogP contribution < -0.4 is 15.4 Å². The first-order valence-corrected chi connectivity index (χ1v) is 10.5. The molecule has 0 bridgehead atoms. The topological polar surface area (TPSA) is 71.4 Å². The molecule has 0 aromatic carbocycles. The van der Waals surface area contributed by atoms with Crippen LogP contribution in [-0.2, 0) is 13.0 Å². The molecule has 0 saturated heterocycles. The molecule has 1 aliphatic carbocycles. The minimum atomic E-state index is 0. The highest BCUT2D eigenvalue weighted by molar-refractivity contribution is 14.0. The first-order chi connectivity index (χ1) is 13.1. The predicted molar refractivity (Wildman–Crippen MR) is 126 cm³/mol. The summed E-state index contributed by atoms with van der Waals surface area (Å²) >= 11 is 1.77. The first-order valence-electron chi connectivity index (χ1n) is 9.67. The number of aromatic nitrogens is 2. The Morgan fingerprint density at radius 1 is 1.32 bits per heavy atom. The third-order valence-electron chi connectivity index (χ3n) is 4.43. The molecule has 1 saturated carbocycles. The molecule has 0 amide bonds. The monoisotopic (exact) mass is 515 g/mol. The molecule has 1 aliphatic rings. The van der Waals surface area contributed by atoms with E-state index in [9.17, 15) is 0 Å². The second-order valence-corrected chi connectivity index (χ2v) is 8.17. The smallest absolute Gasteiger partial charge is 0.213 e. The van der Waals surface area contributed by atoms with E-state index in [4.69, 9.17) is 4.74 Å². The Bertz CT molecular complexity index is 756. The van der Waals surface area contributed by atoms with E-state index in [0.717, 1.165) is 49.3 Å². The Morgan fingerprint density at radius 3 is 2.82 bits per heavy atom. The number of rotatable bonds is 9. The molecule has 0 atom stereocenters. The fourth-order valence-electron chi connectivity index (χ4n) is 2.56. The maximum absolute atomic E-state index is 5.75. The highest BCUT2D eigenvalue weighted by atomic mass is 127. The first kappa shape index (κ1) is 22.9. The molecule has 2 aromatic rings. The van der Waals surface area contributed by atoms with Crippen molar-refractivity contribution in [3.63, 3.8) is 0 Å². The largest absolute Gasteiger partial charge is 0.477 e. The van der Waals surface area contributed by atoms with Gasteiger partial charge in [-0.1, -0.05) is 0 Å². The van der Waals surface area contributed by atoms with Gasteiger partial charge in [0.25, 0.3) is 0 Å². The van der Waals surface area contributed by atoms with Gasteiger partial charge >= 0.3 is 0 Å². The van der Waals surface area contributed by atoms with Crippen LogP contribution in [0.2, 0.25) is 0 Å². The van der Waals surface area contributed by atoms with Crippen LogP contribution in [0, 0.1) is 19.8 Å². The van der Waals surface area contributed by atoms with Gasteiger partial charge < -0.3 is 15.4 Å². The number of pyridine rings is 1. The zero-order valence-electron chi connectivity index (χ0n) is 16.8. The van der Waals surface area contributed by atoms with E-state index < -0.39 is 0 Å². The van der Waals surface area contributed by atoms with Gasteiger partial charge in [0.15, 0.2) is 5.96 Å². The Hall–Kier alpha value is -1.42. The van der Waals surface area contributed by atoms with Crippen LogP contribution in [-0.4, -0.2) is 35.6 Å². The van der Waals surface area contributed by atoms with Gasteiger partial charge in [-0.15, -0.1) is 35.3 Å². The highest BCUT2D eigenvalue weighted by Crippen LogP contribution is 2.29. The Balaban J connectivity index is 0.00000280. The number of hydrogen-bond acceptors (Lipinski definition) is 5. The zero-order chi connectivity index (χ0) is 19.1. The van der Waals surface area contributed by atoms with Gasteiger partial charge in [-0.2, -0.15) is 0 Å². The summed E-state index contributed by atoms with van der Waals surface area (Å²) in [5, 5.41) is 7.85. The fraction of sp³-hybridized carbons (Fsp3) is 0.550. The van der Waals surface area contributed by atoms with Crippen LogP contribution in [0.4, 0.5) is 0 Å². The van der Waals surface area contributed by atoms with Crippen LogP contribution in [0.25, 0.3) is 0 Å². The molecule has 1 fully saturated rings. The molecule has 2 N–H and O–H groups in total. The van der Waals surface area contributed by atoms with Crippen molar-refractivity contribution in [2.45, 2.75) is 46.6 Å². The van der Waals surface area contributed by atoms with Gasteiger partial charge in [0.2, 0.25) is 5.88 Å². The third kappa shape index (κ3) is 7.54. The van der Waals surface area contributed by atoms with E-state index >= 15 is 0 Å². The number of hydrogen-bond donors (Lipinski definition) is 2. The minimum absolute atomic E-state index is 0. The summed E-state index contributed by atoms with van der Waals surface area (Å²) < 4.78 is 5.75. The van der Waals surface area contributed by atoms with Crippen molar-refractivity contribution < 1.29 is 4.74 Å². The lowest BCUT2D eigenvalue weighted by Crippen LogP contribution is -2.38. The summed E-state index contributed by atoms with van der Waals surface area (Å²) in [6.45, 7) is 9.25. The molecule has 0 spiro atoms. The van der Waals surface area contributed by atoms with E-state index in [1.54, 1.807) is 17.5 Å². The van der Waals surface area contributed by atoms with E-state index in [1.165, 1.54) is 22.7 Å². The summed E-state index contributed by atoms with van der Waals surface area (Å²) in [5.41, 5.74) is 2.23. The van der Waals surface area contributed by atoms with Gasteiger partial charge in [-0.3, -0.25) is 0 Å². The Kier molecular flexibility index (Phi) is 9.43. The standard InChI is InChI=1S/C20H29N5OS.HI/c1-4-21-20(23-10-8-19-25-14(2)15(3)27-19)24-12-17-7-9-22-18(11-17)26-13-16-5-6-16;/h7,9,11,16H,4-6,8,10,12-13H2,1-3H3,(H2,21,23,24);1H. The molecular weight excluding hydrogens is 485 g/mol. The molecule has 2 heterocycles. The maximum Gasteiger partial charge on any atom is 0.213 e. The van der Waals surface area contributed by atoms with Gasteiger partial charge in [0.05, 0.1) is 23.9 Å². The number of halogens is 1. The van der Waals surface area contributed by atoms with Gasteiger partial charge in [-0.25, -0.2) is 15.0 Å². The second-order valence-electron chi connectivity index (χ2n) is 6.88. The summed E-state index contributed by atoms with van der Waals surface area (Å²) in [6.07, 6.45) is 5.25. The molecule has 0 aliphatic heterocycles. The van der Waals surface area contributed by atoms with Crippen molar-refractivity contribution in [1.29, 1.82) is 0 Å².